The summed E-state index contributed by atoms with van der Waals surface area (Å²) in [5, 5.41) is 1.30. The third kappa shape index (κ3) is 3.39. The SMILES string of the molecule is NCCc1ccc(Oc2cccc(Cl)c2)cc1Cl. The van der Waals surface area contributed by atoms with Crippen molar-refractivity contribution < 1.29 is 4.74 Å². The number of rotatable bonds is 4. The number of halogens is 2. The Morgan fingerprint density at radius 3 is 2.44 bits per heavy atom. The zero-order valence-electron chi connectivity index (χ0n) is 9.70. The maximum atomic E-state index is 6.14. The van der Waals surface area contributed by atoms with Gasteiger partial charge in [0, 0.05) is 10.0 Å². The molecule has 0 aliphatic carbocycles. The molecule has 0 bridgehead atoms. The van der Waals surface area contributed by atoms with Crippen LogP contribution in [0.1, 0.15) is 5.56 Å². The van der Waals surface area contributed by atoms with Gasteiger partial charge in [-0.15, -0.1) is 0 Å². The van der Waals surface area contributed by atoms with E-state index >= 15 is 0 Å². The van der Waals surface area contributed by atoms with Crippen LogP contribution < -0.4 is 10.5 Å². The molecule has 0 fully saturated rings. The van der Waals surface area contributed by atoms with E-state index in [1.54, 1.807) is 18.2 Å². The van der Waals surface area contributed by atoms with Gasteiger partial charge in [0.25, 0.3) is 0 Å². The lowest BCUT2D eigenvalue weighted by Gasteiger charge is -2.08. The van der Waals surface area contributed by atoms with Gasteiger partial charge in [0.05, 0.1) is 0 Å². The van der Waals surface area contributed by atoms with Crippen LogP contribution in [0.2, 0.25) is 10.0 Å². The molecule has 0 amide bonds. The molecule has 0 atom stereocenters. The van der Waals surface area contributed by atoms with Crippen molar-refractivity contribution in [2.24, 2.45) is 5.73 Å². The number of nitrogens with two attached hydrogens (primary N) is 1. The maximum Gasteiger partial charge on any atom is 0.128 e. The Bertz CT molecular complexity index is 543. The van der Waals surface area contributed by atoms with Gasteiger partial charge >= 0.3 is 0 Å². The Balaban J connectivity index is 2.17. The van der Waals surface area contributed by atoms with Crippen molar-refractivity contribution in [2.45, 2.75) is 6.42 Å². The van der Waals surface area contributed by atoms with Crippen LogP contribution in [0, 0.1) is 0 Å². The lowest BCUT2D eigenvalue weighted by atomic mass is 10.1. The summed E-state index contributed by atoms with van der Waals surface area (Å²) in [7, 11) is 0. The van der Waals surface area contributed by atoms with E-state index in [0.29, 0.717) is 28.1 Å². The van der Waals surface area contributed by atoms with Crippen LogP contribution in [0.3, 0.4) is 0 Å². The van der Waals surface area contributed by atoms with Crippen molar-refractivity contribution in [1.82, 2.24) is 0 Å². The van der Waals surface area contributed by atoms with Gasteiger partial charge in [-0.1, -0.05) is 35.3 Å². The van der Waals surface area contributed by atoms with Gasteiger partial charge in [0.1, 0.15) is 11.5 Å². The van der Waals surface area contributed by atoms with Crippen molar-refractivity contribution in [3.8, 4) is 11.5 Å². The molecule has 2 rings (SSSR count). The molecule has 4 heteroatoms. The van der Waals surface area contributed by atoms with Crippen molar-refractivity contribution in [3.05, 3.63) is 58.1 Å². The van der Waals surface area contributed by atoms with E-state index in [-0.39, 0.29) is 0 Å². The van der Waals surface area contributed by atoms with E-state index in [9.17, 15) is 0 Å². The van der Waals surface area contributed by atoms with Crippen LogP contribution in [0.15, 0.2) is 42.5 Å². The predicted octanol–water partition coefficient (Wildman–Crippen LogP) is 4.29. The molecule has 0 heterocycles. The van der Waals surface area contributed by atoms with Crippen molar-refractivity contribution >= 4 is 23.2 Å². The number of hydrogen-bond donors (Lipinski definition) is 1. The molecule has 0 saturated heterocycles. The first kappa shape index (κ1) is 13.2. The smallest absolute Gasteiger partial charge is 0.128 e. The minimum Gasteiger partial charge on any atom is -0.457 e. The minimum absolute atomic E-state index is 0.578. The van der Waals surface area contributed by atoms with Crippen LogP contribution in [0.25, 0.3) is 0 Å². The Morgan fingerprint density at radius 1 is 1.00 bits per heavy atom. The zero-order chi connectivity index (χ0) is 13.0. The monoisotopic (exact) mass is 281 g/mol. The highest BCUT2D eigenvalue weighted by molar-refractivity contribution is 6.31. The quantitative estimate of drug-likeness (QED) is 0.908. The van der Waals surface area contributed by atoms with Crippen LogP contribution >= 0.6 is 23.2 Å². The first-order chi connectivity index (χ1) is 8.69. The fourth-order valence-electron chi connectivity index (χ4n) is 1.62. The fourth-order valence-corrected chi connectivity index (χ4v) is 2.06. The molecule has 0 aliphatic rings. The first-order valence-corrected chi connectivity index (χ1v) is 6.36. The summed E-state index contributed by atoms with van der Waals surface area (Å²) in [5.74, 6) is 1.37. The summed E-state index contributed by atoms with van der Waals surface area (Å²) in [6.45, 7) is 0.578. The molecule has 0 aromatic heterocycles. The van der Waals surface area contributed by atoms with Crippen molar-refractivity contribution in [1.29, 1.82) is 0 Å². The third-order valence-corrected chi connectivity index (χ3v) is 3.06. The second kappa shape index (κ2) is 6.10. The number of hydrogen-bond acceptors (Lipinski definition) is 2. The minimum atomic E-state index is 0.578. The fraction of sp³-hybridized carbons (Fsp3) is 0.143. The molecule has 0 saturated carbocycles. The standard InChI is InChI=1S/C14H13Cl2NO/c15-11-2-1-3-12(8-11)18-13-5-4-10(6-7-17)14(16)9-13/h1-5,8-9H,6-7,17H2. The van der Waals surface area contributed by atoms with Gasteiger partial charge in [-0.2, -0.15) is 0 Å². The molecule has 94 valence electrons. The van der Waals surface area contributed by atoms with Gasteiger partial charge in [-0.05, 0) is 48.9 Å². The molecular formula is C14H13Cl2NO. The molecule has 2 aromatic carbocycles. The molecule has 2 N–H and O–H groups in total. The normalized spacial score (nSPS) is 10.4. The predicted molar refractivity (Wildman–Crippen MR) is 75.7 cm³/mol. The Morgan fingerprint density at radius 2 is 1.78 bits per heavy atom. The van der Waals surface area contributed by atoms with Gasteiger partial charge in [0.2, 0.25) is 0 Å². The summed E-state index contributed by atoms with van der Waals surface area (Å²) in [5.41, 5.74) is 6.53. The Hall–Kier alpha value is -1.22. The largest absolute Gasteiger partial charge is 0.457 e. The molecule has 2 nitrogen and oxygen atoms in total. The van der Waals surface area contributed by atoms with E-state index < -0.39 is 0 Å². The van der Waals surface area contributed by atoms with Gasteiger partial charge in [0.15, 0.2) is 0 Å². The number of ether oxygens (including phenoxy) is 1. The van der Waals surface area contributed by atoms with Crippen LogP contribution in [0.4, 0.5) is 0 Å². The molecule has 0 radical (unpaired) electrons. The van der Waals surface area contributed by atoms with Gasteiger partial charge < -0.3 is 10.5 Å². The lowest BCUT2D eigenvalue weighted by Crippen LogP contribution is -2.03. The van der Waals surface area contributed by atoms with E-state index in [0.717, 1.165) is 12.0 Å². The zero-order valence-corrected chi connectivity index (χ0v) is 11.2. The maximum absolute atomic E-state index is 6.14. The summed E-state index contributed by atoms with van der Waals surface area (Å²) in [6.07, 6.45) is 0.760. The highest BCUT2D eigenvalue weighted by atomic mass is 35.5. The second-order valence-electron chi connectivity index (χ2n) is 3.85. The molecule has 0 unspecified atom stereocenters. The summed E-state index contributed by atoms with van der Waals surface area (Å²) in [4.78, 5) is 0. The molecule has 18 heavy (non-hydrogen) atoms. The highest BCUT2D eigenvalue weighted by Crippen LogP contribution is 2.28. The Kier molecular flexibility index (Phi) is 4.48. The summed E-state index contributed by atoms with van der Waals surface area (Å²) >= 11 is 12.0. The Labute approximate surface area is 116 Å². The first-order valence-electron chi connectivity index (χ1n) is 5.61. The summed E-state index contributed by atoms with van der Waals surface area (Å²) < 4.78 is 5.67. The van der Waals surface area contributed by atoms with E-state index in [4.69, 9.17) is 33.7 Å². The van der Waals surface area contributed by atoms with Crippen LogP contribution in [-0.4, -0.2) is 6.54 Å². The van der Waals surface area contributed by atoms with Crippen molar-refractivity contribution in [3.63, 3.8) is 0 Å². The number of benzene rings is 2. The molecule has 0 aliphatic heterocycles. The van der Waals surface area contributed by atoms with Crippen LogP contribution in [0.5, 0.6) is 11.5 Å². The third-order valence-electron chi connectivity index (χ3n) is 2.47. The average Bonchev–Trinajstić information content (AvgIpc) is 2.33. The highest BCUT2D eigenvalue weighted by Gasteiger charge is 2.03. The van der Waals surface area contributed by atoms with E-state index in [1.807, 2.05) is 24.3 Å². The lowest BCUT2D eigenvalue weighted by molar-refractivity contribution is 0.482. The van der Waals surface area contributed by atoms with Gasteiger partial charge in [-0.3, -0.25) is 0 Å². The molecule has 0 spiro atoms. The topological polar surface area (TPSA) is 35.2 Å². The second-order valence-corrected chi connectivity index (χ2v) is 4.69. The van der Waals surface area contributed by atoms with E-state index in [1.165, 1.54) is 0 Å². The van der Waals surface area contributed by atoms with Crippen LogP contribution in [-0.2, 0) is 6.42 Å². The van der Waals surface area contributed by atoms with Gasteiger partial charge in [-0.25, -0.2) is 0 Å². The molecule has 2 aromatic rings. The van der Waals surface area contributed by atoms with Crippen molar-refractivity contribution in [2.75, 3.05) is 6.54 Å². The average molecular weight is 282 g/mol. The summed E-state index contributed by atoms with van der Waals surface area (Å²) in [6, 6.07) is 12.8. The molecular weight excluding hydrogens is 269 g/mol. The van der Waals surface area contributed by atoms with E-state index in [2.05, 4.69) is 0 Å².